The van der Waals surface area contributed by atoms with E-state index in [9.17, 15) is 4.79 Å². The number of amides is 2. The lowest BCUT2D eigenvalue weighted by Gasteiger charge is -2.39. The molecule has 5 heteroatoms. The minimum atomic E-state index is -0.162. The van der Waals surface area contributed by atoms with E-state index in [0.29, 0.717) is 25.2 Å². The van der Waals surface area contributed by atoms with Gasteiger partial charge in [-0.2, -0.15) is 0 Å². The van der Waals surface area contributed by atoms with E-state index in [4.69, 9.17) is 9.47 Å². The van der Waals surface area contributed by atoms with Crippen LogP contribution < -0.4 is 10.6 Å². The number of rotatable bonds is 3. The number of benzene rings is 1. The quantitative estimate of drug-likeness (QED) is 0.895. The number of hydrogen-bond donors (Lipinski definition) is 2. The van der Waals surface area contributed by atoms with Crippen LogP contribution in [-0.4, -0.2) is 43.5 Å². The summed E-state index contributed by atoms with van der Waals surface area (Å²) >= 11 is 0. The van der Waals surface area contributed by atoms with Crippen molar-refractivity contribution in [1.29, 1.82) is 0 Å². The molecule has 2 amide bonds. The van der Waals surface area contributed by atoms with Crippen molar-refractivity contribution >= 4 is 6.03 Å². The van der Waals surface area contributed by atoms with Gasteiger partial charge < -0.3 is 20.1 Å². The van der Waals surface area contributed by atoms with Crippen molar-refractivity contribution in [3.63, 3.8) is 0 Å². The zero-order valence-corrected chi connectivity index (χ0v) is 14.0. The zero-order chi connectivity index (χ0) is 16.4. The van der Waals surface area contributed by atoms with Crippen LogP contribution in [0.5, 0.6) is 0 Å². The molecule has 0 aromatic heterocycles. The molecule has 0 bridgehead atoms. The number of urea groups is 1. The van der Waals surface area contributed by atoms with E-state index >= 15 is 0 Å². The van der Waals surface area contributed by atoms with Crippen LogP contribution in [0.25, 0.3) is 0 Å². The van der Waals surface area contributed by atoms with Crippen molar-refractivity contribution in [2.24, 2.45) is 0 Å². The predicted octanol–water partition coefficient (Wildman–Crippen LogP) is 2.57. The van der Waals surface area contributed by atoms with Gasteiger partial charge in [0.15, 0.2) is 0 Å². The lowest BCUT2D eigenvalue weighted by molar-refractivity contribution is -0.0878. The second kappa shape index (κ2) is 6.73. The number of carbonyl (C=O) groups is 1. The van der Waals surface area contributed by atoms with Crippen molar-refractivity contribution in [2.45, 2.75) is 55.7 Å². The Kier molecular flexibility index (Phi) is 4.46. The van der Waals surface area contributed by atoms with Crippen molar-refractivity contribution in [2.75, 3.05) is 19.8 Å². The van der Waals surface area contributed by atoms with Crippen molar-refractivity contribution < 1.29 is 14.3 Å². The molecule has 2 saturated heterocycles. The fraction of sp³-hybridized carbons (Fsp3) is 0.632. The molecule has 0 radical (unpaired) electrons. The normalized spacial score (nSPS) is 35.4. The molecular weight excluding hydrogens is 304 g/mol. The smallest absolute Gasteiger partial charge is 0.315 e. The summed E-state index contributed by atoms with van der Waals surface area (Å²) < 4.78 is 11.4. The molecule has 130 valence electrons. The highest BCUT2D eigenvalue weighted by molar-refractivity contribution is 5.74. The minimum absolute atomic E-state index is 0.0347. The summed E-state index contributed by atoms with van der Waals surface area (Å²) in [5.41, 5.74) is 1.22. The van der Waals surface area contributed by atoms with E-state index in [1.165, 1.54) is 5.56 Å². The zero-order valence-electron chi connectivity index (χ0n) is 14.0. The third kappa shape index (κ3) is 3.42. The van der Waals surface area contributed by atoms with E-state index < -0.39 is 0 Å². The van der Waals surface area contributed by atoms with Crippen LogP contribution in [0.3, 0.4) is 0 Å². The molecule has 2 unspecified atom stereocenters. The van der Waals surface area contributed by atoms with Gasteiger partial charge in [-0.3, -0.25) is 0 Å². The van der Waals surface area contributed by atoms with Crippen molar-refractivity contribution in [3.8, 4) is 0 Å². The highest BCUT2D eigenvalue weighted by Crippen LogP contribution is 2.37. The Hall–Kier alpha value is -1.59. The van der Waals surface area contributed by atoms with E-state index in [1.807, 2.05) is 6.07 Å². The van der Waals surface area contributed by atoms with Crippen molar-refractivity contribution in [3.05, 3.63) is 35.9 Å². The first-order valence-electron chi connectivity index (χ1n) is 9.06. The molecule has 24 heavy (non-hydrogen) atoms. The van der Waals surface area contributed by atoms with Gasteiger partial charge in [0.25, 0.3) is 0 Å². The van der Waals surface area contributed by atoms with E-state index in [-0.39, 0.29) is 17.7 Å². The molecule has 4 rings (SSSR count). The van der Waals surface area contributed by atoms with Crippen LogP contribution in [0.15, 0.2) is 30.3 Å². The van der Waals surface area contributed by atoms with Crippen LogP contribution in [0.4, 0.5) is 4.79 Å². The van der Waals surface area contributed by atoms with Crippen LogP contribution in [0, 0.1) is 0 Å². The molecular formula is C19H26N2O3. The molecule has 3 aliphatic rings. The Bertz CT molecular complexity index is 565. The van der Waals surface area contributed by atoms with Crippen LogP contribution >= 0.6 is 0 Å². The maximum atomic E-state index is 12.3. The number of ether oxygens (including phenoxy) is 2. The summed E-state index contributed by atoms with van der Waals surface area (Å²) in [5.74, 6) is 0.582. The highest BCUT2D eigenvalue weighted by Gasteiger charge is 2.41. The molecule has 5 nitrogen and oxygen atoms in total. The maximum Gasteiger partial charge on any atom is 0.315 e. The summed E-state index contributed by atoms with van der Waals surface area (Å²) in [6.07, 6.45) is 4.74. The minimum Gasteiger partial charge on any atom is -0.378 e. The van der Waals surface area contributed by atoms with Gasteiger partial charge in [-0.1, -0.05) is 30.3 Å². The van der Waals surface area contributed by atoms with Gasteiger partial charge in [0.05, 0.1) is 12.2 Å². The maximum absolute atomic E-state index is 12.3. The summed E-state index contributed by atoms with van der Waals surface area (Å²) in [5, 5.41) is 6.26. The Morgan fingerprint density at radius 3 is 2.62 bits per heavy atom. The predicted molar refractivity (Wildman–Crippen MR) is 91.0 cm³/mol. The molecule has 1 spiro atoms. The Balaban J connectivity index is 1.22. The van der Waals surface area contributed by atoms with Gasteiger partial charge >= 0.3 is 6.03 Å². The molecule has 2 heterocycles. The summed E-state index contributed by atoms with van der Waals surface area (Å²) in [7, 11) is 0. The average Bonchev–Trinajstić information content (AvgIpc) is 2.99. The number of nitrogens with one attached hydrogen (secondary N) is 2. The summed E-state index contributed by atoms with van der Waals surface area (Å²) in [6.45, 7) is 2.13. The Labute approximate surface area is 143 Å². The fourth-order valence-corrected chi connectivity index (χ4v) is 4.16. The first kappa shape index (κ1) is 15.9. The lowest BCUT2D eigenvalue weighted by Crippen LogP contribution is -2.54. The second-order valence-electron chi connectivity index (χ2n) is 7.42. The molecule has 2 N–H and O–H groups in total. The monoisotopic (exact) mass is 330 g/mol. The van der Waals surface area contributed by atoms with Crippen LogP contribution in [0.1, 0.15) is 43.6 Å². The van der Waals surface area contributed by atoms with Crippen LogP contribution in [0.2, 0.25) is 0 Å². The molecule has 2 aliphatic heterocycles. The Morgan fingerprint density at radius 2 is 1.88 bits per heavy atom. The third-order valence-electron chi connectivity index (χ3n) is 5.64. The molecule has 1 saturated carbocycles. The number of carbonyl (C=O) groups excluding carboxylic acids is 1. The standard InChI is InChI=1S/C19H26N2O3/c22-18(20-16-6-8-24-19(12-16)7-9-23-13-19)21-17-10-15(11-17)14-4-2-1-3-5-14/h1-5,15-17H,6-13H2,(H2,20,21,22). The molecule has 2 atom stereocenters. The summed E-state index contributed by atoms with van der Waals surface area (Å²) in [4.78, 5) is 12.3. The SMILES string of the molecule is O=C(NC1CC(c2ccccc2)C1)NC1CCOC2(CCOC2)C1. The molecule has 1 aromatic carbocycles. The van der Waals surface area contributed by atoms with E-state index in [1.54, 1.807) is 0 Å². The van der Waals surface area contributed by atoms with Gasteiger partial charge in [-0.05, 0) is 37.2 Å². The topological polar surface area (TPSA) is 59.6 Å². The van der Waals surface area contributed by atoms with Crippen LogP contribution in [-0.2, 0) is 9.47 Å². The van der Waals surface area contributed by atoms with Gasteiger partial charge in [-0.25, -0.2) is 4.79 Å². The van der Waals surface area contributed by atoms with E-state index in [0.717, 1.165) is 38.7 Å². The molecule has 1 aromatic rings. The lowest BCUT2D eigenvalue weighted by atomic mass is 9.76. The van der Waals surface area contributed by atoms with Gasteiger partial charge in [0.2, 0.25) is 0 Å². The van der Waals surface area contributed by atoms with Gasteiger partial charge in [0, 0.05) is 31.7 Å². The first-order chi connectivity index (χ1) is 11.7. The van der Waals surface area contributed by atoms with E-state index in [2.05, 4.69) is 34.9 Å². The fourth-order valence-electron chi connectivity index (χ4n) is 4.16. The summed E-state index contributed by atoms with van der Waals surface area (Å²) in [6, 6.07) is 11.0. The highest BCUT2D eigenvalue weighted by atomic mass is 16.6. The Morgan fingerprint density at radius 1 is 1.08 bits per heavy atom. The second-order valence-corrected chi connectivity index (χ2v) is 7.42. The number of hydrogen-bond acceptors (Lipinski definition) is 3. The third-order valence-corrected chi connectivity index (χ3v) is 5.64. The van der Waals surface area contributed by atoms with Crippen molar-refractivity contribution in [1.82, 2.24) is 10.6 Å². The van der Waals surface area contributed by atoms with Gasteiger partial charge in [0.1, 0.15) is 0 Å². The first-order valence-corrected chi connectivity index (χ1v) is 9.06. The largest absolute Gasteiger partial charge is 0.378 e. The average molecular weight is 330 g/mol. The molecule has 3 fully saturated rings. The molecule has 1 aliphatic carbocycles. The van der Waals surface area contributed by atoms with Gasteiger partial charge in [-0.15, -0.1) is 0 Å².